The summed E-state index contributed by atoms with van der Waals surface area (Å²) in [6.07, 6.45) is 5.86. The largest absolute Gasteiger partial charge is 0.483 e. The molecule has 0 aromatic heterocycles. The molecular weight excluding hydrogens is 540 g/mol. The number of carbonyl (C=O) groups excluding carboxylic acids is 2. The van der Waals surface area contributed by atoms with E-state index in [0.717, 1.165) is 52.4 Å². The highest BCUT2D eigenvalue weighted by Gasteiger charge is 2.32. The maximum absolute atomic E-state index is 13.8. The number of nitrogens with zero attached hydrogens (tertiary/aromatic N) is 1. The van der Waals surface area contributed by atoms with Crippen LogP contribution >= 0.6 is 15.9 Å². The molecule has 6 heteroatoms. The topological polar surface area (TPSA) is 58.6 Å². The van der Waals surface area contributed by atoms with Gasteiger partial charge < -0.3 is 15.0 Å². The molecule has 1 N–H and O–H groups in total. The van der Waals surface area contributed by atoms with Crippen LogP contribution in [0.1, 0.15) is 54.4 Å². The van der Waals surface area contributed by atoms with Gasteiger partial charge in [-0.15, -0.1) is 0 Å². The van der Waals surface area contributed by atoms with Crippen molar-refractivity contribution in [3.05, 3.63) is 99.5 Å². The van der Waals surface area contributed by atoms with E-state index in [-0.39, 0.29) is 24.5 Å². The number of nitrogens with one attached hydrogen (secondary N) is 1. The van der Waals surface area contributed by atoms with Gasteiger partial charge in [-0.3, -0.25) is 9.59 Å². The Morgan fingerprint density at radius 1 is 0.947 bits per heavy atom. The normalized spacial score (nSPS) is 14.5. The van der Waals surface area contributed by atoms with Gasteiger partial charge in [0.15, 0.2) is 6.61 Å². The first-order valence-corrected chi connectivity index (χ1v) is 14.3. The van der Waals surface area contributed by atoms with Crippen molar-refractivity contribution in [1.82, 2.24) is 10.2 Å². The Morgan fingerprint density at radius 2 is 1.66 bits per heavy atom. The summed E-state index contributed by atoms with van der Waals surface area (Å²) in [5.74, 6) is 0.369. The first kappa shape index (κ1) is 27.9. The number of hydrogen-bond donors (Lipinski definition) is 1. The molecular formula is C32H37BrN2O3. The zero-order valence-corrected chi connectivity index (χ0v) is 23.9. The van der Waals surface area contributed by atoms with E-state index in [9.17, 15) is 9.59 Å². The van der Waals surface area contributed by atoms with E-state index in [4.69, 9.17) is 4.74 Å². The van der Waals surface area contributed by atoms with Crippen molar-refractivity contribution in [2.75, 3.05) is 6.61 Å². The maximum Gasteiger partial charge on any atom is 0.261 e. The van der Waals surface area contributed by atoms with Gasteiger partial charge in [-0.2, -0.15) is 0 Å². The smallest absolute Gasteiger partial charge is 0.261 e. The highest BCUT2D eigenvalue weighted by atomic mass is 79.9. The van der Waals surface area contributed by atoms with Crippen LogP contribution in [-0.4, -0.2) is 35.4 Å². The lowest BCUT2D eigenvalue weighted by molar-refractivity contribution is -0.143. The fourth-order valence-corrected chi connectivity index (χ4v) is 5.48. The van der Waals surface area contributed by atoms with E-state index >= 15 is 0 Å². The molecule has 0 unspecified atom stereocenters. The van der Waals surface area contributed by atoms with Crippen molar-refractivity contribution in [3.63, 3.8) is 0 Å². The van der Waals surface area contributed by atoms with E-state index in [1.54, 1.807) is 4.90 Å². The molecule has 0 saturated heterocycles. The fourth-order valence-electron chi connectivity index (χ4n) is 5.03. The molecule has 1 atom stereocenters. The van der Waals surface area contributed by atoms with Crippen LogP contribution in [0.3, 0.4) is 0 Å². The number of carbonyl (C=O) groups is 2. The van der Waals surface area contributed by atoms with Gasteiger partial charge in [0.1, 0.15) is 11.8 Å². The number of aryl methyl sites for hydroxylation is 1. The highest BCUT2D eigenvalue weighted by Crippen LogP contribution is 2.23. The Morgan fingerprint density at radius 3 is 2.39 bits per heavy atom. The number of amides is 2. The van der Waals surface area contributed by atoms with Gasteiger partial charge in [-0.05, 0) is 67.1 Å². The van der Waals surface area contributed by atoms with Crippen molar-refractivity contribution < 1.29 is 14.3 Å². The lowest BCUT2D eigenvalue weighted by Gasteiger charge is -2.33. The third-order valence-electron chi connectivity index (χ3n) is 7.37. The van der Waals surface area contributed by atoms with Crippen molar-refractivity contribution >= 4 is 27.7 Å². The average molecular weight is 578 g/mol. The van der Waals surface area contributed by atoms with Crippen molar-refractivity contribution in [2.24, 2.45) is 0 Å². The summed E-state index contributed by atoms with van der Waals surface area (Å²) in [4.78, 5) is 29.4. The molecule has 1 aliphatic rings. The van der Waals surface area contributed by atoms with Crippen LogP contribution in [0.25, 0.3) is 0 Å². The summed E-state index contributed by atoms with van der Waals surface area (Å²) in [6.45, 7) is 4.18. The van der Waals surface area contributed by atoms with Gasteiger partial charge in [0, 0.05) is 23.5 Å². The van der Waals surface area contributed by atoms with Crippen LogP contribution in [0.5, 0.6) is 5.75 Å². The predicted molar refractivity (Wildman–Crippen MR) is 155 cm³/mol. The quantitative estimate of drug-likeness (QED) is 0.298. The van der Waals surface area contributed by atoms with E-state index in [1.807, 2.05) is 86.6 Å². The van der Waals surface area contributed by atoms with Crippen LogP contribution in [0, 0.1) is 13.8 Å². The summed E-state index contributed by atoms with van der Waals surface area (Å²) in [6, 6.07) is 23.1. The number of rotatable bonds is 10. The first-order chi connectivity index (χ1) is 18.4. The average Bonchev–Trinajstić information content (AvgIpc) is 2.92. The van der Waals surface area contributed by atoms with Gasteiger partial charge in [0.2, 0.25) is 5.91 Å². The van der Waals surface area contributed by atoms with Gasteiger partial charge in [0.05, 0.1) is 0 Å². The van der Waals surface area contributed by atoms with Gasteiger partial charge in [-0.25, -0.2) is 0 Å². The van der Waals surface area contributed by atoms with Crippen LogP contribution in [0.15, 0.2) is 77.3 Å². The second-order valence-corrected chi connectivity index (χ2v) is 11.1. The van der Waals surface area contributed by atoms with Gasteiger partial charge >= 0.3 is 0 Å². The molecule has 1 fully saturated rings. The number of benzene rings is 3. The van der Waals surface area contributed by atoms with Crippen molar-refractivity contribution in [1.29, 1.82) is 0 Å². The molecule has 200 valence electrons. The minimum absolute atomic E-state index is 0.101. The van der Waals surface area contributed by atoms with E-state index in [2.05, 4.69) is 21.2 Å². The zero-order chi connectivity index (χ0) is 26.9. The van der Waals surface area contributed by atoms with Gasteiger partial charge in [-0.1, -0.05) is 89.8 Å². The van der Waals surface area contributed by atoms with Crippen LogP contribution in [-0.2, 0) is 22.6 Å². The molecule has 3 aromatic carbocycles. The molecule has 5 nitrogen and oxygen atoms in total. The summed E-state index contributed by atoms with van der Waals surface area (Å²) >= 11 is 3.54. The molecule has 1 aliphatic carbocycles. The third kappa shape index (κ3) is 7.70. The SMILES string of the molecule is Cc1cccc(OCC(=O)N(Cc2cccc(Br)c2)[C@@H](Cc2ccccc2)C(=O)NC2CCCCC2)c1C. The second-order valence-electron chi connectivity index (χ2n) is 10.2. The molecule has 0 radical (unpaired) electrons. The van der Waals surface area contributed by atoms with E-state index in [0.29, 0.717) is 18.7 Å². The van der Waals surface area contributed by atoms with E-state index < -0.39 is 6.04 Å². The summed E-state index contributed by atoms with van der Waals surface area (Å²) in [5.41, 5.74) is 4.08. The first-order valence-electron chi connectivity index (χ1n) is 13.5. The number of hydrogen-bond acceptors (Lipinski definition) is 3. The minimum atomic E-state index is -0.659. The molecule has 1 saturated carbocycles. The monoisotopic (exact) mass is 576 g/mol. The van der Waals surface area contributed by atoms with Crippen molar-refractivity contribution in [3.8, 4) is 5.75 Å². The maximum atomic E-state index is 13.8. The zero-order valence-electron chi connectivity index (χ0n) is 22.3. The molecule has 3 aromatic rings. The Bertz CT molecular complexity index is 1220. The fraction of sp³-hybridized carbons (Fsp3) is 0.375. The lowest BCUT2D eigenvalue weighted by Crippen LogP contribution is -2.53. The molecule has 0 heterocycles. The summed E-state index contributed by atoms with van der Waals surface area (Å²) < 4.78 is 6.95. The van der Waals surface area contributed by atoms with Crippen molar-refractivity contribution in [2.45, 2.75) is 71.0 Å². The lowest BCUT2D eigenvalue weighted by atomic mass is 9.94. The Hall–Kier alpha value is -3.12. The molecule has 2 amide bonds. The number of halogens is 1. The highest BCUT2D eigenvalue weighted by molar-refractivity contribution is 9.10. The Kier molecular flexibility index (Phi) is 9.99. The molecule has 0 bridgehead atoms. The third-order valence-corrected chi connectivity index (χ3v) is 7.86. The van der Waals surface area contributed by atoms with Crippen LogP contribution in [0.2, 0.25) is 0 Å². The predicted octanol–water partition coefficient (Wildman–Crippen LogP) is 6.53. The van der Waals surface area contributed by atoms with Crippen LogP contribution < -0.4 is 10.1 Å². The Balaban J connectivity index is 1.62. The van der Waals surface area contributed by atoms with E-state index in [1.165, 1.54) is 6.42 Å². The Labute approximate surface area is 234 Å². The summed E-state index contributed by atoms with van der Waals surface area (Å²) in [5, 5.41) is 3.28. The molecule has 0 spiro atoms. The van der Waals surface area contributed by atoms with Gasteiger partial charge in [0.25, 0.3) is 5.91 Å². The molecule has 38 heavy (non-hydrogen) atoms. The standard InChI is InChI=1S/C32H37BrN2O3/c1-23-11-9-18-30(24(23)2)38-22-31(36)35(21-26-14-10-15-27(33)19-26)29(20-25-12-5-3-6-13-25)32(37)34-28-16-7-4-8-17-28/h3,5-6,9-15,18-19,28-29H,4,7-8,16-17,20-22H2,1-2H3,(H,34,37)/t29-/m0/s1. The minimum Gasteiger partial charge on any atom is -0.483 e. The second kappa shape index (κ2) is 13.6. The molecule has 4 rings (SSSR count). The van der Waals surface area contributed by atoms with Crippen LogP contribution in [0.4, 0.5) is 0 Å². The summed E-state index contributed by atoms with van der Waals surface area (Å²) in [7, 11) is 0. The molecule has 0 aliphatic heterocycles. The number of ether oxygens (including phenoxy) is 1.